The minimum absolute atomic E-state index is 0.155. The van der Waals surface area contributed by atoms with Crippen LogP contribution in [0.2, 0.25) is 0 Å². The van der Waals surface area contributed by atoms with E-state index in [0.29, 0.717) is 5.56 Å². The van der Waals surface area contributed by atoms with E-state index in [0.717, 1.165) is 15.2 Å². The summed E-state index contributed by atoms with van der Waals surface area (Å²) in [6, 6.07) is 12.3. The van der Waals surface area contributed by atoms with E-state index in [-0.39, 0.29) is 17.7 Å². The summed E-state index contributed by atoms with van der Waals surface area (Å²) in [6.07, 6.45) is 3.03. The van der Waals surface area contributed by atoms with Gasteiger partial charge in [-0.1, -0.05) is 18.2 Å². The number of carbonyl (C=O) groups excluding carboxylic acids is 1. The molecule has 0 aliphatic carbocycles. The van der Waals surface area contributed by atoms with Crippen molar-refractivity contribution in [2.75, 3.05) is 14.2 Å². The highest BCUT2D eigenvalue weighted by molar-refractivity contribution is 7.18. The molecule has 0 aliphatic rings. The number of aromatic nitrogens is 1. The summed E-state index contributed by atoms with van der Waals surface area (Å²) < 4.78 is 19.7. The number of hydrogen-bond acceptors (Lipinski definition) is 4. The van der Waals surface area contributed by atoms with Crippen molar-refractivity contribution in [3.63, 3.8) is 0 Å². The van der Waals surface area contributed by atoms with Crippen molar-refractivity contribution < 1.29 is 13.9 Å². The van der Waals surface area contributed by atoms with Crippen molar-refractivity contribution in [3.05, 3.63) is 64.9 Å². The number of para-hydroxylation sites is 1. The fourth-order valence-electron chi connectivity index (χ4n) is 2.50. The largest absolute Gasteiger partial charge is 0.494 e. The average molecular weight is 370 g/mol. The van der Waals surface area contributed by atoms with E-state index < -0.39 is 5.82 Å². The molecule has 3 rings (SSSR count). The number of hydrogen-bond donors (Lipinski definition) is 0. The lowest BCUT2D eigenvalue weighted by Crippen LogP contribution is -2.27. The smallest absolute Gasteiger partial charge is 0.246 e. The Bertz CT molecular complexity index is 934. The topological polar surface area (TPSA) is 42.4 Å². The van der Waals surface area contributed by atoms with Crippen molar-refractivity contribution in [2.45, 2.75) is 13.0 Å². The van der Waals surface area contributed by atoms with Crippen molar-refractivity contribution in [1.82, 2.24) is 9.88 Å². The molecule has 6 heteroatoms. The number of likely N-dealkylation sites (N-methyl/N-ethyl adjacent to an activating group) is 1. The maximum Gasteiger partial charge on any atom is 0.246 e. The predicted octanol–water partition coefficient (Wildman–Crippen LogP) is 4.68. The molecule has 0 fully saturated rings. The van der Waals surface area contributed by atoms with Gasteiger partial charge in [-0.3, -0.25) is 4.79 Å². The first-order valence-corrected chi connectivity index (χ1v) is 8.95. The molecule has 0 N–H and O–H groups in total. The van der Waals surface area contributed by atoms with Crippen LogP contribution in [0.4, 0.5) is 4.39 Å². The Hall–Kier alpha value is -2.73. The first-order valence-electron chi connectivity index (χ1n) is 8.13. The standard InChI is InChI=1S/C20H19FN2O2S/c1-13(20-22-16-6-4-5-7-18(16)26-20)23(2)19(24)11-9-14-8-10-17(25-3)15(21)12-14/h4-13H,1-3H3/b11-9+/t13-/m0/s1. The lowest BCUT2D eigenvalue weighted by atomic mass is 10.2. The van der Waals surface area contributed by atoms with Gasteiger partial charge in [0.05, 0.1) is 23.4 Å². The Morgan fingerprint density at radius 3 is 2.77 bits per heavy atom. The second-order valence-corrected chi connectivity index (χ2v) is 6.93. The van der Waals surface area contributed by atoms with Gasteiger partial charge in [0.1, 0.15) is 5.01 Å². The SMILES string of the molecule is COc1ccc(/C=C/C(=O)N(C)[C@@H](C)c2nc3ccccc3s2)cc1F. The maximum absolute atomic E-state index is 13.7. The van der Waals surface area contributed by atoms with Crippen LogP contribution < -0.4 is 4.74 Å². The van der Waals surface area contributed by atoms with E-state index in [4.69, 9.17) is 4.74 Å². The molecule has 0 aliphatic heterocycles. The third-order valence-corrected chi connectivity index (χ3v) is 5.40. The molecule has 2 aromatic carbocycles. The van der Waals surface area contributed by atoms with Gasteiger partial charge < -0.3 is 9.64 Å². The molecule has 0 spiro atoms. The number of rotatable bonds is 5. The number of fused-ring (bicyclic) bond motifs is 1. The Kier molecular flexibility index (Phi) is 5.32. The molecule has 26 heavy (non-hydrogen) atoms. The zero-order valence-electron chi connectivity index (χ0n) is 14.8. The Labute approximate surface area is 155 Å². The second-order valence-electron chi connectivity index (χ2n) is 5.87. The van der Waals surface area contributed by atoms with Crippen LogP contribution >= 0.6 is 11.3 Å². The fourth-order valence-corrected chi connectivity index (χ4v) is 3.56. The zero-order chi connectivity index (χ0) is 18.7. The monoisotopic (exact) mass is 370 g/mol. The van der Waals surface area contributed by atoms with Crippen LogP contribution in [-0.4, -0.2) is 29.9 Å². The number of methoxy groups -OCH3 is 1. The summed E-state index contributed by atoms with van der Waals surface area (Å²) in [7, 11) is 3.15. The Balaban J connectivity index is 1.73. The quantitative estimate of drug-likeness (QED) is 0.613. The molecule has 3 aromatic rings. The van der Waals surface area contributed by atoms with Crippen LogP contribution in [0.5, 0.6) is 5.75 Å². The molecule has 1 atom stereocenters. The number of halogens is 1. The van der Waals surface area contributed by atoms with Crippen molar-refractivity contribution in [3.8, 4) is 5.75 Å². The third-order valence-electron chi connectivity index (χ3n) is 4.19. The van der Waals surface area contributed by atoms with Gasteiger partial charge in [-0.25, -0.2) is 9.37 Å². The van der Waals surface area contributed by atoms with E-state index in [1.807, 2.05) is 31.2 Å². The summed E-state index contributed by atoms with van der Waals surface area (Å²) >= 11 is 1.58. The summed E-state index contributed by atoms with van der Waals surface area (Å²) in [5.41, 5.74) is 1.53. The molecule has 0 unspecified atom stereocenters. The van der Waals surface area contributed by atoms with Crippen LogP contribution in [0, 0.1) is 5.82 Å². The van der Waals surface area contributed by atoms with Gasteiger partial charge in [0.25, 0.3) is 0 Å². The molecule has 134 valence electrons. The molecular formula is C20H19FN2O2S. The first kappa shape index (κ1) is 18.1. The molecule has 1 heterocycles. The fraction of sp³-hybridized carbons (Fsp3) is 0.200. The van der Waals surface area contributed by atoms with E-state index in [9.17, 15) is 9.18 Å². The number of ether oxygens (including phenoxy) is 1. The molecule has 1 aromatic heterocycles. The summed E-state index contributed by atoms with van der Waals surface area (Å²) in [4.78, 5) is 18.7. The van der Waals surface area contributed by atoms with Gasteiger partial charge in [-0.05, 0) is 42.8 Å². The molecule has 0 saturated carbocycles. The average Bonchev–Trinajstić information content (AvgIpc) is 3.09. The van der Waals surface area contributed by atoms with Gasteiger partial charge in [0, 0.05) is 13.1 Å². The van der Waals surface area contributed by atoms with Gasteiger partial charge in [0.15, 0.2) is 11.6 Å². The maximum atomic E-state index is 13.7. The van der Waals surface area contributed by atoms with Gasteiger partial charge in [-0.2, -0.15) is 0 Å². The number of amides is 1. The zero-order valence-corrected chi connectivity index (χ0v) is 15.6. The third kappa shape index (κ3) is 3.75. The Morgan fingerprint density at radius 1 is 1.31 bits per heavy atom. The molecule has 0 saturated heterocycles. The normalized spacial score (nSPS) is 12.5. The van der Waals surface area contributed by atoms with Crippen LogP contribution in [0.15, 0.2) is 48.5 Å². The Morgan fingerprint density at radius 2 is 2.08 bits per heavy atom. The molecule has 4 nitrogen and oxygen atoms in total. The van der Waals surface area contributed by atoms with Gasteiger partial charge >= 0.3 is 0 Å². The molecular weight excluding hydrogens is 351 g/mol. The van der Waals surface area contributed by atoms with Gasteiger partial charge in [0.2, 0.25) is 5.91 Å². The lowest BCUT2D eigenvalue weighted by molar-refractivity contribution is -0.126. The number of carbonyl (C=O) groups is 1. The van der Waals surface area contributed by atoms with E-state index in [2.05, 4.69) is 4.98 Å². The minimum atomic E-state index is -0.460. The predicted molar refractivity (Wildman–Crippen MR) is 103 cm³/mol. The van der Waals surface area contributed by atoms with E-state index >= 15 is 0 Å². The van der Waals surface area contributed by atoms with Gasteiger partial charge in [-0.15, -0.1) is 11.3 Å². The molecule has 1 amide bonds. The van der Waals surface area contributed by atoms with Crippen molar-refractivity contribution in [2.24, 2.45) is 0 Å². The lowest BCUT2D eigenvalue weighted by Gasteiger charge is -2.21. The number of benzene rings is 2. The molecule has 0 radical (unpaired) electrons. The summed E-state index contributed by atoms with van der Waals surface area (Å²) in [6.45, 7) is 1.94. The van der Waals surface area contributed by atoms with Crippen molar-refractivity contribution >= 4 is 33.5 Å². The van der Waals surface area contributed by atoms with Crippen LogP contribution in [0.25, 0.3) is 16.3 Å². The molecule has 0 bridgehead atoms. The number of thiazole rings is 1. The van der Waals surface area contributed by atoms with E-state index in [1.165, 1.54) is 25.3 Å². The van der Waals surface area contributed by atoms with Crippen LogP contribution in [0.3, 0.4) is 0 Å². The van der Waals surface area contributed by atoms with Crippen molar-refractivity contribution in [1.29, 1.82) is 0 Å². The van der Waals surface area contributed by atoms with E-state index in [1.54, 1.807) is 35.4 Å². The van der Waals surface area contributed by atoms with Crippen LogP contribution in [0.1, 0.15) is 23.5 Å². The second kappa shape index (κ2) is 7.66. The highest BCUT2D eigenvalue weighted by Crippen LogP contribution is 2.29. The van der Waals surface area contributed by atoms with Crippen LogP contribution in [-0.2, 0) is 4.79 Å². The minimum Gasteiger partial charge on any atom is -0.494 e. The highest BCUT2D eigenvalue weighted by atomic mass is 32.1. The first-order chi connectivity index (χ1) is 12.5. The summed E-state index contributed by atoms with van der Waals surface area (Å²) in [5.74, 6) is -0.457. The summed E-state index contributed by atoms with van der Waals surface area (Å²) in [5, 5.41) is 0.881. The highest BCUT2D eigenvalue weighted by Gasteiger charge is 2.19. The number of nitrogens with zero attached hydrogens (tertiary/aromatic N) is 2.